The van der Waals surface area contributed by atoms with Gasteiger partial charge in [0.2, 0.25) is 5.75 Å². The number of rotatable bonds is 12. The normalized spacial score (nSPS) is 13.8. The predicted molar refractivity (Wildman–Crippen MR) is 149 cm³/mol. The molecule has 0 spiro atoms. The number of nitro groups is 2. The van der Waals surface area contributed by atoms with Crippen LogP contribution < -0.4 is 18.9 Å². The van der Waals surface area contributed by atoms with Gasteiger partial charge in [0.15, 0.2) is 23.0 Å². The van der Waals surface area contributed by atoms with E-state index in [1.54, 1.807) is 43.3 Å². The molecule has 1 aliphatic rings. The maximum atomic E-state index is 12.9. The van der Waals surface area contributed by atoms with E-state index < -0.39 is 32.4 Å². The van der Waals surface area contributed by atoms with Crippen molar-refractivity contribution in [1.29, 1.82) is 0 Å². The van der Waals surface area contributed by atoms with Crippen LogP contribution >= 0.6 is 11.8 Å². The molecule has 0 N–H and O–H groups in total. The summed E-state index contributed by atoms with van der Waals surface area (Å²) >= 11 is 0.782. The maximum Gasteiger partial charge on any atom is 0.318 e. The number of carbonyl (C=O) groups excluding carboxylic acids is 2. The van der Waals surface area contributed by atoms with Crippen LogP contribution in [-0.2, 0) is 4.79 Å². The Balaban J connectivity index is 1.50. The average molecular weight is 582 g/mol. The minimum Gasteiger partial charge on any atom is -0.493 e. The molecule has 13 nitrogen and oxygen atoms in total. The third kappa shape index (κ3) is 6.73. The van der Waals surface area contributed by atoms with Crippen molar-refractivity contribution in [2.75, 3.05) is 26.9 Å². The van der Waals surface area contributed by atoms with Gasteiger partial charge in [0.25, 0.3) is 16.8 Å². The van der Waals surface area contributed by atoms with Crippen LogP contribution in [0, 0.1) is 20.2 Å². The molecular formula is C27H23N3O10S. The summed E-state index contributed by atoms with van der Waals surface area (Å²) in [5.74, 6) is 0.639. The number of thioether (sulfide) groups is 1. The van der Waals surface area contributed by atoms with Crippen molar-refractivity contribution in [1.82, 2.24) is 4.90 Å². The van der Waals surface area contributed by atoms with Crippen molar-refractivity contribution in [3.8, 4) is 28.7 Å². The van der Waals surface area contributed by atoms with E-state index in [2.05, 4.69) is 0 Å². The fourth-order valence-electron chi connectivity index (χ4n) is 3.76. The Labute approximate surface area is 237 Å². The van der Waals surface area contributed by atoms with Crippen molar-refractivity contribution in [2.45, 2.75) is 6.92 Å². The molecule has 0 aromatic heterocycles. The molecule has 212 valence electrons. The van der Waals surface area contributed by atoms with Gasteiger partial charge in [0.05, 0.1) is 41.1 Å². The smallest absolute Gasteiger partial charge is 0.318 e. The van der Waals surface area contributed by atoms with Gasteiger partial charge < -0.3 is 18.9 Å². The summed E-state index contributed by atoms with van der Waals surface area (Å²) in [6.45, 7) is 2.06. The molecule has 2 amide bonds. The molecule has 3 aromatic rings. The topological polar surface area (TPSA) is 161 Å². The first-order chi connectivity index (χ1) is 19.7. The predicted octanol–water partition coefficient (Wildman–Crippen LogP) is 5.82. The van der Waals surface area contributed by atoms with E-state index in [-0.39, 0.29) is 41.9 Å². The van der Waals surface area contributed by atoms with Gasteiger partial charge in [-0.05, 0) is 60.7 Å². The average Bonchev–Trinajstić information content (AvgIpc) is 3.22. The Bertz CT molecular complexity index is 1540. The van der Waals surface area contributed by atoms with Crippen molar-refractivity contribution < 1.29 is 38.4 Å². The number of non-ortho nitro benzene ring substituents is 1. The molecule has 0 radical (unpaired) electrons. The Hall–Kier alpha value is -5.11. The zero-order chi connectivity index (χ0) is 29.5. The molecule has 0 atom stereocenters. The van der Waals surface area contributed by atoms with E-state index in [0.717, 1.165) is 34.9 Å². The molecular weight excluding hydrogens is 558 g/mol. The Morgan fingerprint density at radius 2 is 1.61 bits per heavy atom. The Morgan fingerprint density at radius 1 is 0.878 bits per heavy atom. The maximum absolute atomic E-state index is 12.9. The van der Waals surface area contributed by atoms with E-state index in [4.69, 9.17) is 18.9 Å². The lowest BCUT2D eigenvalue weighted by molar-refractivity contribution is -0.394. The summed E-state index contributed by atoms with van der Waals surface area (Å²) < 4.78 is 22.2. The lowest BCUT2D eigenvalue weighted by Gasteiger charge is -2.14. The van der Waals surface area contributed by atoms with Gasteiger partial charge in [-0.25, -0.2) is 0 Å². The second-order valence-electron chi connectivity index (χ2n) is 8.24. The fraction of sp³-hybridized carbons (Fsp3) is 0.185. The number of benzene rings is 3. The second kappa shape index (κ2) is 12.8. The minimum absolute atomic E-state index is 0.0328. The third-order valence-corrected chi connectivity index (χ3v) is 6.56. The van der Waals surface area contributed by atoms with E-state index in [1.165, 1.54) is 19.3 Å². The molecule has 41 heavy (non-hydrogen) atoms. The quantitative estimate of drug-likeness (QED) is 0.144. The highest BCUT2D eigenvalue weighted by Crippen LogP contribution is 2.40. The second-order valence-corrected chi connectivity index (χ2v) is 9.23. The van der Waals surface area contributed by atoms with E-state index >= 15 is 0 Å². The summed E-state index contributed by atoms with van der Waals surface area (Å²) in [4.78, 5) is 47.7. The van der Waals surface area contributed by atoms with Gasteiger partial charge in [-0.3, -0.25) is 34.7 Å². The van der Waals surface area contributed by atoms with Crippen molar-refractivity contribution >= 4 is 40.4 Å². The van der Waals surface area contributed by atoms with Crippen LogP contribution in [-0.4, -0.2) is 52.8 Å². The highest BCUT2D eigenvalue weighted by atomic mass is 32.2. The number of nitro benzene ring substituents is 2. The molecule has 1 aliphatic heterocycles. The van der Waals surface area contributed by atoms with Gasteiger partial charge in [0.1, 0.15) is 6.61 Å². The first-order valence-electron chi connectivity index (χ1n) is 12.1. The molecule has 1 heterocycles. The highest BCUT2D eigenvalue weighted by molar-refractivity contribution is 8.18. The first-order valence-corrected chi connectivity index (χ1v) is 12.9. The van der Waals surface area contributed by atoms with Crippen LogP contribution in [0.5, 0.6) is 28.7 Å². The molecule has 4 rings (SSSR count). The molecule has 0 bridgehead atoms. The number of amides is 2. The first kappa shape index (κ1) is 28.9. The zero-order valence-electron chi connectivity index (χ0n) is 21.8. The number of hydrogen-bond donors (Lipinski definition) is 0. The van der Waals surface area contributed by atoms with Crippen LogP contribution in [0.4, 0.5) is 16.2 Å². The van der Waals surface area contributed by atoms with Crippen LogP contribution in [0.15, 0.2) is 65.6 Å². The van der Waals surface area contributed by atoms with Crippen LogP contribution in [0.3, 0.4) is 0 Å². The number of methoxy groups -OCH3 is 1. The van der Waals surface area contributed by atoms with Crippen LogP contribution in [0.25, 0.3) is 6.08 Å². The summed E-state index contributed by atoms with van der Waals surface area (Å²) in [6, 6.07) is 14.7. The Kier molecular flexibility index (Phi) is 9.04. The number of imide groups is 1. The number of ether oxygens (including phenoxy) is 4. The van der Waals surface area contributed by atoms with Crippen LogP contribution in [0.1, 0.15) is 12.5 Å². The largest absolute Gasteiger partial charge is 0.493 e. The van der Waals surface area contributed by atoms with E-state index in [9.17, 15) is 29.8 Å². The third-order valence-electron chi connectivity index (χ3n) is 5.65. The van der Waals surface area contributed by atoms with Gasteiger partial charge >= 0.3 is 5.69 Å². The zero-order valence-corrected chi connectivity index (χ0v) is 22.6. The number of hydrogen-bond acceptors (Lipinski definition) is 11. The van der Waals surface area contributed by atoms with Gasteiger partial charge in [-0.15, -0.1) is 0 Å². The van der Waals surface area contributed by atoms with Gasteiger partial charge in [-0.2, -0.15) is 0 Å². The lowest BCUT2D eigenvalue weighted by atomic mass is 10.1. The van der Waals surface area contributed by atoms with E-state index in [1.807, 2.05) is 0 Å². The molecule has 1 fully saturated rings. The Morgan fingerprint density at radius 3 is 2.29 bits per heavy atom. The minimum atomic E-state index is -0.783. The monoisotopic (exact) mass is 581 g/mol. The molecule has 0 aliphatic carbocycles. The summed E-state index contributed by atoms with van der Waals surface area (Å²) in [7, 11) is 1.51. The number of nitrogens with zero attached hydrogens (tertiary/aromatic N) is 3. The number of carbonyl (C=O) groups is 2. The van der Waals surface area contributed by atoms with Crippen molar-refractivity contribution in [2.24, 2.45) is 0 Å². The number of para-hydroxylation sites is 2. The molecule has 3 aromatic carbocycles. The van der Waals surface area contributed by atoms with Crippen molar-refractivity contribution in [3.05, 3.63) is 91.4 Å². The lowest BCUT2D eigenvalue weighted by Crippen LogP contribution is -2.32. The molecule has 14 heteroatoms. The molecule has 1 saturated heterocycles. The fourth-order valence-corrected chi connectivity index (χ4v) is 4.63. The van der Waals surface area contributed by atoms with Gasteiger partial charge in [0, 0.05) is 6.07 Å². The van der Waals surface area contributed by atoms with Crippen LogP contribution in [0.2, 0.25) is 0 Å². The summed E-state index contributed by atoms with van der Waals surface area (Å²) in [6.07, 6.45) is 1.52. The summed E-state index contributed by atoms with van der Waals surface area (Å²) in [5.41, 5.74) is -0.534. The van der Waals surface area contributed by atoms with Gasteiger partial charge in [-0.1, -0.05) is 18.2 Å². The molecule has 0 saturated carbocycles. The summed E-state index contributed by atoms with van der Waals surface area (Å²) in [5, 5.41) is 22.1. The molecule has 0 unspecified atom stereocenters. The standard InChI is InChI=1S/C27H23N3O10S/c1-3-38-24-14-17(8-10-23(24)40-20-11-9-18(29(33)34)16-19(20)30(35)36)15-25-26(31)28(27(32)41-25)12-13-39-22-7-5-4-6-21(22)37-2/h4-11,14-16H,3,12-13H2,1-2H3/b25-15-. The van der Waals surface area contributed by atoms with Crippen molar-refractivity contribution in [3.63, 3.8) is 0 Å². The SMILES string of the molecule is CCOc1cc(/C=C2\SC(=O)N(CCOc3ccccc3OC)C2=O)ccc1Oc1ccc([N+](=O)[O-])cc1[N+](=O)[O-]. The van der Waals surface area contributed by atoms with E-state index in [0.29, 0.717) is 17.1 Å². The highest BCUT2D eigenvalue weighted by Gasteiger charge is 2.35.